The quantitative estimate of drug-likeness (QED) is 0.775. The van der Waals surface area contributed by atoms with Crippen LogP contribution in [0, 0.1) is 0 Å². The van der Waals surface area contributed by atoms with Crippen LogP contribution in [0.15, 0.2) is 4.73 Å². The normalized spacial score (nSPS) is 20.2. The van der Waals surface area contributed by atoms with Crippen LogP contribution in [0.4, 0.5) is 5.82 Å². The Morgan fingerprint density at radius 1 is 1.24 bits per heavy atom. The van der Waals surface area contributed by atoms with Crippen LogP contribution in [0.2, 0.25) is 0 Å². The molecule has 2 aliphatic rings. The number of fused-ring (bicyclic) bond motifs is 1. The van der Waals surface area contributed by atoms with Crippen molar-refractivity contribution >= 4 is 21.7 Å². The van der Waals surface area contributed by atoms with Crippen LogP contribution in [0.3, 0.4) is 0 Å². The first-order valence-corrected chi connectivity index (χ1v) is 6.72. The van der Waals surface area contributed by atoms with E-state index in [9.17, 15) is 0 Å². The third kappa shape index (κ3) is 2.29. The highest BCUT2D eigenvalue weighted by atomic mass is 79.9. The molecule has 0 spiro atoms. The number of aromatic nitrogens is 2. The van der Waals surface area contributed by atoms with Gasteiger partial charge in [0.25, 0.3) is 0 Å². The maximum absolute atomic E-state index is 5.38. The van der Waals surface area contributed by atoms with Gasteiger partial charge in [-0.3, -0.25) is 0 Å². The fraction of sp³-hybridized carbons (Fsp3) is 0.636. The lowest BCUT2D eigenvalue weighted by atomic mass is 10.1. The van der Waals surface area contributed by atoms with Gasteiger partial charge in [-0.05, 0) is 15.9 Å². The molecule has 0 bridgehead atoms. The van der Waals surface area contributed by atoms with Crippen molar-refractivity contribution in [2.45, 2.75) is 13.0 Å². The number of halogens is 1. The summed E-state index contributed by atoms with van der Waals surface area (Å²) in [5, 5.41) is 3.39. The lowest BCUT2D eigenvalue weighted by Crippen LogP contribution is -2.39. The fourth-order valence-corrected chi connectivity index (χ4v) is 2.71. The van der Waals surface area contributed by atoms with Gasteiger partial charge in [0.2, 0.25) is 0 Å². The Labute approximate surface area is 109 Å². The summed E-state index contributed by atoms with van der Waals surface area (Å²) in [5.41, 5.74) is 2.42. The fourth-order valence-electron chi connectivity index (χ4n) is 2.33. The maximum Gasteiger partial charge on any atom is 0.198 e. The predicted molar refractivity (Wildman–Crippen MR) is 68.2 cm³/mol. The third-order valence-corrected chi connectivity index (χ3v) is 3.55. The average molecular weight is 299 g/mol. The van der Waals surface area contributed by atoms with Crippen molar-refractivity contribution in [2.75, 3.05) is 37.7 Å². The smallest absolute Gasteiger partial charge is 0.198 e. The molecule has 0 saturated carbocycles. The van der Waals surface area contributed by atoms with Gasteiger partial charge in [-0.2, -0.15) is 0 Å². The van der Waals surface area contributed by atoms with Crippen molar-refractivity contribution < 1.29 is 4.74 Å². The second-order valence-electron chi connectivity index (χ2n) is 4.27. The summed E-state index contributed by atoms with van der Waals surface area (Å²) in [4.78, 5) is 11.3. The third-order valence-electron chi connectivity index (χ3n) is 3.19. The highest BCUT2D eigenvalue weighted by Gasteiger charge is 2.22. The largest absolute Gasteiger partial charge is 0.378 e. The summed E-state index contributed by atoms with van der Waals surface area (Å²) in [7, 11) is 0. The Hall–Kier alpha value is -0.720. The van der Waals surface area contributed by atoms with Gasteiger partial charge in [0.15, 0.2) is 4.73 Å². The van der Waals surface area contributed by atoms with E-state index in [0.717, 1.165) is 51.6 Å². The van der Waals surface area contributed by atoms with Crippen molar-refractivity contribution in [3.63, 3.8) is 0 Å². The molecule has 0 amide bonds. The first-order chi connectivity index (χ1) is 8.34. The number of nitrogens with one attached hydrogen (secondary N) is 1. The Morgan fingerprint density at radius 3 is 2.88 bits per heavy atom. The minimum absolute atomic E-state index is 0.694. The molecule has 1 aromatic heterocycles. The van der Waals surface area contributed by atoms with Crippen LogP contribution in [-0.4, -0.2) is 42.8 Å². The molecule has 1 N–H and O–H groups in total. The lowest BCUT2D eigenvalue weighted by Gasteiger charge is -2.31. The van der Waals surface area contributed by atoms with Gasteiger partial charge >= 0.3 is 0 Å². The Balaban J connectivity index is 1.98. The molecular formula is C11H15BrN4O. The molecule has 0 radical (unpaired) electrons. The molecule has 0 aliphatic carbocycles. The van der Waals surface area contributed by atoms with Crippen molar-refractivity contribution in [3.05, 3.63) is 16.0 Å². The molecule has 92 valence electrons. The summed E-state index contributed by atoms with van der Waals surface area (Å²) in [6.07, 6.45) is 0.980. The van der Waals surface area contributed by atoms with E-state index in [1.165, 1.54) is 11.3 Å². The summed E-state index contributed by atoms with van der Waals surface area (Å²) in [6, 6.07) is 0. The van der Waals surface area contributed by atoms with Gasteiger partial charge in [-0.1, -0.05) is 0 Å². The van der Waals surface area contributed by atoms with E-state index >= 15 is 0 Å². The molecule has 1 fully saturated rings. The van der Waals surface area contributed by atoms with Crippen molar-refractivity contribution in [3.8, 4) is 0 Å². The van der Waals surface area contributed by atoms with Crippen LogP contribution in [0.25, 0.3) is 0 Å². The zero-order chi connectivity index (χ0) is 11.7. The summed E-state index contributed by atoms with van der Waals surface area (Å²) >= 11 is 3.41. The summed E-state index contributed by atoms with van der Waals surface area (Å²) in [6.45, 7) is 5.26. The molecule has 0 atom stereocenters. The second kappa shape index (κ2) is 4.88. The highest BCUT2D eigenvalue weighted by molar-refractivity contribution is 9.10. The zero-order valence-corrected chi connectivity index (χ0v) is 11.2. The first kappa shape index (κ1) is 11.4. The minimum Gasteiger partial charge on any atom is -0.378 e. The SMILES string of the molecule is Brc1nc2c(c(N3CCOCC3)n1)CNCC2. The molecular weight excluding hydrogens is 284 g/mol. The zero-order valence-electron chi connectivity index (χ0n) is 9.58. The van der Waals surface area contributed by atoms with Gasteiger partial charge in [-0.25, -0.2) is 9.97 Å². The molecule has 3 heterocycles. The number of nitrogens with zero attached hydrogens (tertiary/aromatic N) is 3. The van der Waals surface area contributed by atoms with Gasteiger partial charge in [0.1, 0.15) is 5.82 Å². The van der Waals surface area contributed by atoms with Crippen LogP contribution >= 0.6 is 15.9 Å². The summed E-state index contributed by atoms with van der Waals surface area (Å²) < 4.78 is 6.08. The molecule has 2 aliphatic heterocycles. The van der Waals surface area contributed by atoms with E-state index in [1.807, 2.05) is 0 Å². The van der Waals surface area contributed by atoms with E-state index in [1.54, 1.807) is 0 Å². The average Bonchev–Trinajstić information content (AvgIpc) is 2.39. The molecule has 3 rings (SSSR count). The molecule has 0 aromatic carbocycles. The second-order valence-corrected chi connectivity index (χ2v) is 4.98. The standard InChI is InChI=1S/C11H15BrN4O/c12-11-14-9-1-2-13-7-8(9)10(15-11)16-3-5-17-6-4-16/h13H,1-7H2. The minimum atomic E-state index is 0.694. The molecule has 0 unspecified atom stereocenters. The monoisotopic (exact) mass is 298 g/mol. The van der Waals surface area contributed by atoms with Crippen molar-refractivity contribution in [1.29, 1.82) is 0 Å². The maximum atomic E-state index is 5.38. The predicted octanol–water partition coefficient (Wildman–Crippen LogP) is 0.721. The van der Waals surface area contributed by atoms with Gasteiger partial charge in [-0.15, -0.1) is 0 Å². The van der Waals surface area contributed by atoms with Gasteiger partial charge < -0.3 is 15.0 Å². The Kier molecular flexibility index (Phi) is 3.26. The van der Waals surface area contributed by atoms with E-state index < -0.39 is 0 Å². The number of hydrogen-bond donors (Lipinski definition) is 1. The van der Waals surface area contributed by atoms with Crippen LogP contribution in [0.5, 0.6) is 0 Å². The van der Waals surface area contributed by atoms with Crippen molar-refractivity contribution in [2.24, 2.45) is 0 Å². The van der Waals surface area contributed by atoms with Crippen LogP contribution in [-0.2, 0) is 17.7 Å². The molecule has 17 heavy (non-hydrogen) atoms. The van der Waals surface area contributed by atoms with E-state index in [2.05, 4.69) is 36.1 Å². The number of hydrogen-bond acceptors (Lipinski definition) is 5. The molecule has 6 heteroatoms. The van der Waals surface area contributed by atoms with Gasteiger partial charge in [0.05, 0.1) is 18.9 Å². The first-order valence-electron chi connectivity index (χ1n) is 5.93. The number of rotatable bonds is 1. The Morgan fingerprint density at radius 2 is 2.06 bits per heavy atom. The molecule has 1 saturated heterocycles. The van der Waals surface area contributed by atoms with E-state index in [4.69, 9.17) is 4.74 Å². The summed E-state index contributed by atoms with van der Waals surface area (Å²) in [5.74, 6) is 1.07. The number of anilines is 1. The number of morpholine rings is 1. The molecule has 5 nitrogen and oxygen atoms in total. The Bertz CT molecular complexity index is 420. The molecule has 1 aromatic rings. The van der Waals surface area contributed by atoms with E-state index in [0.29, 0.717) is 4.73 Å². The lowest BCUT2D eigenvalue weighted by molar-refractivity contribution is 0.122. The number of ether oxygens (including phenoxy) is 1. The van der Waals surface area contributed by atoms with E-state index in [-0.39, 0.29) is 0 Å². The highest BCUT2D eigenvalue weighted by Crippen LogP contribution is 2.25. The topological polar surface area (TPSA) is 50.3 Å². The van der Waals surface area contributed by atoms with Crippen LogP contribution < -0.4 is 10.2 Å². The van der Waals surface area contributed by atoms with Gasteiger partial charge in [0, 0.05) is 38.2 Å². The van der Waals surface area contributed by atoms with Crippen LogP contribution in [0.1, 0.15) is 11.3 Å². The van der Waals surface area contributed by atoms with Crippen molar-refractivity contribution in [1.82, 2.24) is 15.3 Å².